The number of amides is 1. The summed E-state index contributed by atoms with van der Waals surface area (Å²) in [6, 6.07) is 0.915. The van der Waals surface area contributed by atoms with Gasteiger partial charge in [0.25, 0.3) is 0 Å². The maximum absolute atomic E-state index is 12.8. The number of carbonyl (C=O) groups excluding carboxylic acids is 1. The van der Waals surface area contributed by atoms with E-state index in [1.165, 1.54) is 12.8 Å². The normalized spacial score (nSPS) is 40.4. The van der Waals surface area contributed by atoms with Crippen LogP contribution in [0.2, 0.25) is 0 Å². The first-order valence-corrected chi connectivity index (χ1v) is 7.33. The van der Waals surface area contributed by atoms with Gasteiger partial charge in [0.2, 0.25) is 5.91 Å². The molecule has 0 spiro atoms. The number of hydrogen-bond donors (Lipinski definition) is 0. The zero-order valence-electron chi connectivity index (χ0n) is 11.5. The Morgan fingerprint density at radius 2 is 1.89 bits per heavy atom. The summed E-state index contributed by atoms with van der Waals surface area (Å²) in [5.41, 5.74) is 0. The number of ether oxygens (including phenoxy) is 1. The Bertz CT molecular complexity index is 320. The zero-order valence-corrected chi connectivity index (χ0v) is 11.5. The molecule has 0 aliphatic carbocycles. The van der Waals surface area contributed by atoms with Crippen molar-refractivity contribution in [2.75, 3.05) is 26.7 Å². The van der Waals surface area contributed by atoms with Crippen LogP contribution in [0.25, 0.3) is 0 Å². The van der Waals surface area contributed by atoms with E-state index in [0.717, 1.165) is 32.5 Å². The molecular formula is C14H24N2O2. The first kappa shape index (κ1) is 12.4. The number of carbonyl (C=O) groups is 1. The van der Waals surface area contributed by atoms with E-state index in [-0.39, 0.29) is 12.0 Å². The van der Waals surface area contributed by atoms with Crippen LogP contribution >= 0.6 is 0 Å². The second kappa shape index (κ2) is 4.82. The van der Waals surface area contributed by atoms with Gasteiger partial charge in [-0.25, -0.2) is 0 Å². The van der Waals surface area contributed by atoms with Gasteiger partial charge in [-0.15, -0.1) is 0 Å². The first-order valence-electron chi connectivity index (χ1n) is 7.33. The van der Waals surface area contributed by atoms with Gasteiger partial charge in [0.15, 0.2) is 0 Å². The Morgan fingerprint density at radius 3 is 2.50 bits per heavy atom. The van der Waals surface area contributed by atoms with Crippen molar-refractivity contribution in [1.29, 1.82) is 0 Å². The number of fused-ring (bicyclic) bond motifs is 2. The molecule has 3 fully saturated rings. The number of likely N-dealkylation sites (N-methyl/N-ethyl adjacent to an activating group) is 1. The predicted octanol–water partition coefficient (Wildman–Crippen LogP) is 1.11. The smallest absolute Gasteiger partial charge is 0.228 e. The van der Waals surface area contributed by atoms with Gasteiger partial charge in [-0.05, 0) is 32.7 Å². The summed E-state index contributed by atoms with van der Waals surface area (Å²) >= 11 is 0. The van der Waals surface area contributed by atoms with E-state index in [2.05, 4.69) is 23.8 Å². The Balaban J connectivity index is 1.73. The average molecular weight is 252 g/mol. The molecule has 4 nitrogen and oxygen atoms in total. The maximum Gasteiger partial charge on any atom is 0.228 e. The van der Waals surface area contributed by atoms with E-state index < -0.39 is 0 Å². The minimum absolute atomic E-state index is 0.126. The lowest BCUT2D eigenvalue weighted by atomic mass is 9.96. The highest BCUT2D eigenvalue weighted by Crippen LogP contribution is 2.34. The van der Waals surface area contributed by atoms with Gasteiger partial charge in [-0.1, -0.05) is 6.92 Å². The Morgan fingerprint density at radius 1 is 1.22 bits per heavy atom. The fraction of sp³-hybridized carbons (Fsp3) is 0.929. The van der Waals surface area contributed by atoms with Crippen molar-refractivity contribution in [2.24, 2.45) is 5.92 Å². The van der Waals surface area contributed by atoms with E-state index in [4.69, 9.17) is 4.74 Å². The average Bonchev–Trinajstić information content (AvgIpc) is 2.92. The van der Waals surface area contributed by atoms with Crippen LogP contribution in [0.5, 0.6) is 0 Å². The summed E-state index contributed by atoms with van der Waals surface area (Å²) < 4.78 is 5.68. The fourth-order valence-electron chi connectivity index (χ4n) is 4.00. The third kappa shape index (κ3) is 1.95. The highest BCUT2D eigenvalue weighted by molar-refractivity contribution is 5.81. The molecule has 3 saturated heterocycles. The SMILES string of the molecule is CCC1OCCC1C(=O)N1C2CCC1CN(C)C2. The van der Waals surface area contributed by atoms with Gasteiger partial charge in [0.1, 0.15) is 0 Å². The van der Waals surface area contributed by atoms with Crippen LogP contribution in [0.4, 0.5) is 0 Å². The number of hydrogen-bond acceptors (Lipinski definition) is 3. The zero-order chi connectivity index (χ0) is 12.7. The van der Waals surface area contributed by atoms with Crippen LogP contribution in [-0.4, -0.2) is 60.6 Å². The molecule has 3 heterocycles. The Kier molecular flexibility index (Phi) is 3.32. The molecule has 0 radical (unpaired) electrons. The van der Waals surface area contributed by atoms with E-state index in [1.807, 2.05) is 0 Å². The third-order valence-corrected chi connectivity index (χ3v) is 4.85. The number of piperazine rings is 1. The summed E-state index contributed by atoms with van der Waals surface area (Å²) in [4.78, 5) is 17.3. The largest absolute Gasteiger partial charge is 0.377 e. The van der Waals surface area contributed by atoms with Crippen LogP contribution in [0, 0.1) is 5.92 Å². The fourth-order valence-corrected chi connectivity index (χ4v) is 4.00. The quantitative estimate of drug-likeness (QED) is 0.738. The lowest BCUT2D eigenvalue weighted by molar-refractivity contribution is -0.143. The van der Waals surface area contributed by atoms with Gasteiger partial charge in [0.05, 0.1) is 12.0 Å². The highest BCUT2D eigenvalue weighted by Gasteiger charge is 2.45. The third-order valence-electron chi connectivity index (χ3n) is 4.85. The van der Waals surface area contributed by atoms with E-state index >= 15 is 0 Å². The van der Waals surface area contributed by atoms with Crippen LogP contribution in [-0.2, 0) is 9.53 Å². The summed E-state index contributed by atoms with van der Waals surface area (Å²) in [7, 11) is 2.17. The molecule has 0 N–H and O–H groups in total. The maximum atomic E-state index is 12.8. The number of rotatable bonds is 2. The summed E-state index contributed by atoms with van der Waals surface area (Å²) in [6.07, 6.45) is 4.41. The molecular weight excluding hydrogens is 228 g/mol. The van der Waals surface area contributed by atoms with Crippen LogP contribution in [0.15, 0.2) is 0 Å². The van der Waals surface area contributed by atoms with E-state index in [0.29, 0.717) is 18.0 Å². The Hall–Kier alpha value is -0.610. The van der Waals surface area contributed by atoms with Gasteiger partial charge < -0.3 is 14.5 Å². The van der Waals surface area contributed by atoms with E-state index in [1.54, 1.807) is 0 Å². The van der Waals surface area contributed by atoms with Crippen molar-refractivity contribution in [1.82, 2.24) is 9.80 Å². The Labute approximate surface area is 109 Å². The summed E-state index contributed by atoms with van der Waals surface area (Å²) in [5.74, 6) is 0.501. The van der Waals surface area contributed by atoms with Crippen molar-refractivity contribution < 1.29 is 9.53 Å². The predicted molar refractivity (Wildman–Crippen MR) is 69.3 cm³/mol. The number of likely N-dealkylation sites (tertiary alicyclic amines) is 1. The van der Waals surface area contributed by atoms with Crippen molar-refractivity contribution in [3.63, 3.8) is 0 Å². The van der Waals surface area contributed by atoms with Crippen LogP contribution < -0.4 is 0 Å². The lowest BCUT2D eigenvalue weighted by Gasteiger charge is -2.41. The molecule has 0 aromatic carbocycles. The molecule has 18 heavy (non-hydrogen) atoms. The second-order valence-corrected chi connectivity index (χ2v) is 6.06. The molecule has 3 aliphatic rings. The molecule has 0 aromatic rings. The van der Waals surface area contributed by atoms with Gasteiger partial charge in [0, 0.05) is 31.8 Å². The molecule has 4 heteroatoms. The summed E-state index contributed by atoms with van der Waals surface area (Å²) in [6.45, 7) is 4.98. The van der Waals surface area contributed by atoms with Gasteiger partial charge in [-0.2, -0.15) is 0 Å². The molecule has 4 atom stereocenters. The van der Waals surface area contributed by atoms with Crippen molar-refractivity contribution >= 4 is 5.91 Å². The molecule has 2 bridgehead atoms. The van der Waals surface area contributed by atoms with Crippen molar-refractivity contribution in [2.45, 2.75) is 50.8 Å². The summed E-state index contributed by atoms with van der Waals surface area (Å²) in [5, 5.41) is 0. The minimum atomic E-state index is 0.126. The number of nitrogens with zero attached hydrogens (tertiary/aromatic N) is 2. The standard InChI is InChI=1S/C14H24N2O2/c1-3-13-12(6-7-18-13)14(17)16-10-4-5-11(16)9-15(2)8-10/h10-13H,3-9H2,1-2H3. The van der Waals surface area contributed by atoms with Gasteiger partial charge >= 0.3 is 0 Å². The van der Waals surface area contributed by atoms with Crippen LogP contribution in [0.3, 0.4) is 0 Å². The molecule has 3 aliphatic heterocycles. The highest BCUT2D eigenvalue weighted by atomic mass is 16.5. The van der Waals surface area contributed by atoms with Gasteiger partial charge in [-0.3, -0.25) is 4.79 Å². The molecule has 4 unspecified atom stereocenters. The van der Waals surface area contributed by atoms with E-state index in [9.17, 15) is 4.79 Å². The lowest BCUT2D eigenvalue weighted by Crippen LogP contribution is -2.56. The van der Waals surface area contributed by atoms with Crippen molar-refractivity contribution in [3.8, 4) is 0 Å². The molecule has 102 valence electrons. The topological polar surface area (TPSA) is 32.8 Å². The first-order chi connectivity index (χ1) is 8.70. The minimum Gasteiger partial charge on any atom is -0.377 e. The van der Waals surface area contributed by atoms with Crippen molar-refractivity contribution in [3.05, 3.63) is 0 Å². The molecule has 3 rings (SSSR count). The molecule has 0 saturated carbocycles. The second-order valence-electron chi connectivity index (χ2n) is 6.06. The van der Waals surface area contributed by atoms with Crippen LogP contribution in [0.1, 0.15) is 32.6 Å². The monoisotopic (exact) mass is 252 g/mol. The molecule has 0 aromatic heterocycles. The molecule has 1 amide bonds.